The summed E-state index contributed by atoms with van der Waals surface area (Å²) in [4.78, 5) is 7.45. The predicted molar refractivity (Wildman–Crippen MR) is 135 cm³/mol. The van der Waals surface area contributed by atoms with E-state index < -0.39 is 0 Å². The molecular weight excluding hydrogens is 489 g/mol. The van der Waals surface area contributed by atoms with E-state index in [0.29, 0.717) is 19.1 Å². The molecule has 0 spiro atoms. The standard InChI is InChI=1S/C24H39N3O2.HI/c1-3-25-24(27-14-13-21(18-27)19-29-16-15-28-2)26-17-20-9-11-23(12-10-20)22-7-5-4-6-8-22;/h4-8,20-21,23H,3,9-19H2,1-2H3,(H,25,26);1H. The minimum absolute atomic E-state index is 0. The van der Waals surface area contributed by atoms with Crippen LogP contribution in [0.1, 0.15) is 50.5 Å². The maximum absolute atomic E-state index is 5.74. The Labute approximate surface area is 200 Å². The minimum atomic E-state index is 0. The van der Waals surface area contributed by atoms with Crippen molar-refractivity contribution < 1.29 is 9.47 Å². The Bertz CT molecular complexity index is 606. The second-order valence-corrected chi connectivity index (χ2v) is 8.49. The second-order valence-electron chi connectivity index (χ2n) is 8.49. The first-order valence-corrected chi connectivity index (χ1v) is 11.4. The zero-order chi connectivity index (χ0) is 20.3. The van der Waals surface area contributed by atoms with Crippen LogP contribution in [0.15, 0.2) is 35.3 Å². The highest BCUT2D eigenvalue weighted by molar-refractivity contribution is 14.0. The van der Waals surface area contributed by atoms with Gasteiger partial charge in [0.2, 0.25) is 0 Å². The molecule has 1 aromatic carbocycles. The van der Waals surface area contributed by atoms with Crippen molar-refractivity contribution in [3.8, 4) is 0 Å². The minimum Gasteiger partial charge on any atom is -0.382 e. The number of guanidine groups is 1. The molecule has 1 aromatic rings. The fourth-order valence-electron chi connectivity index (χ4n) is 4.60. The van der Waals surface area contributed by atoms with E-state index in [1.807, 2.05) is 0 Å². The average Bonchev–Trinajstić information content (AvgIpc) is 3.24. The molecule has 3 rings (SSSR count). The monoisotopic (exact) mass is 529 g/mol. The number of benzene rings is 1. The van der Waals surface area contributed by atoms with Crippen LogP contribution in [-0.4, -0.2) is 64.0 Å². The summed E-state index contributed by atoms with van der Waals surface area (Å²) in [6.45, 7) is 8.33. The first-order valence-electron chi connectivity index (χ1n) is 11.4. The first kappa shape index (κ1) is 25.4. The molecule has 1 saturated heterocycles. The van der Waals surface area contributed by atoms with Gasteiger partial charge in [0, 0.05) is 39.2 Å². The summed E-state index contributed by atoms with van der Waals surface area (Å²) in [6, 6.07) is 11.0. The van der Waals surface area contributed by atoms with E-state index in [1.165, 1.54) is 37.7 Å². The Balaban J connectivity index is 0.00000320. The normalized spacial score (nSPS) is 24.5. The molecule has 1 aliphatic heterocycles. The molecule has 5 nitrogen and oxygen atoms in total. The topological polar surface area (TPSA) is 46.1 Å². The largest absolute Gasteiger partial charge is 0.382 e. The van der Waals surface area contributed by atoms with E-state index in [4.69, 9.17) is 14.5 Å². The summed E-state index contributed by atoms with van der Waals surface area (Å²) in [6.07, 6.45) is 6.35. The van der Waals surface area contributed by atoms with Crippen LogP contribution in [-0.2, 0) is 9.47 Å². The van der Waals surface area contributed by atoms with Gasteiger partial charge >= 0.3 is 0 Å². The first-order chi connectivity index (χ1) is 14.3. The van der Waals surface area contributed by atoms with E-state index in [9.17, 15) is 0 Å². The number of likely N-dealkylation sites (tertiary alicyclic amines) is 1. The number of halogens is 1. The summed E-state index contributed by atoms with van der Waals surface area (Å²) >= 11 is 0. The van der Waals surface area contributed by atoms with Crippen LogP contribution < -0.4 is 5.32 Å². The van der Waals surface area contributed by atoms with Gasteiger partial charge in [-0.3, -0.25) is 4.99 Å². The van der Waals surface area contributed by atoms with Crippen molar-refractivity contribution in [1.82, 2.24) is 10.2 Å². The maximum Gasteiger partial charge on any atom is 0.193 e. The number of ether oxygens (including phenoxy) is 2. The molecule has 2 aliphatic rings. The van der Waals surface area contributed by atoms with Gasteiger partial charge < -0.3 is 19.7 Å². The third-order valence-corrected chi connectivity index (χ3v) is 6.32. The molecule has 0 aromatic heterocycles. The van der Waals surface area contributed by atoms with Gasteiger partial charge in [0.05, 0.1) is 19.8 Å². The van der Waals surface area contributed by atoms with Gasteiger partial charge in [0.1, 0.15) is 0 Å². The third kappa shape index (κ3) is 8.00. The maximum atomic E-state index is 5.74. The fourth-order valence-corrected chi connectivity index (χ4v) is 4.60. The molecule has 0 amide bonds. The van der Waals surface area contributed by atoms with Crippen LogP contribution in [0.5, 0.6) is 0 Å². The lowest BCUT2D eigenvalue weighted by Crippen LogP contribution is -2.40. The summed E-state index contributed by atoms with van der Waals surface area (Å²) in [5.41, 5.74) is 1.51. The van der Waals surface area contributed by atoms with Gasteiger partial charge in [-0.15, -0.1) is 24.0 Å². The van der Waals surface area contributed by atoms with Crippen LogP contribution in [0.25, 0.3) is 0 Å². The van der Waals surface area contributed by atoms with Gasteiger partial charge in [-0.25, -0.2) is 0 Å². The molecule has 1 heterocycles. The van der Waals surface area contributed by atoms with Crippen molar-refractivity contribution >= 4 is 29.9 Å². The van der Waals surface area contributed by atoms with E-state index in [1.54, 1.807) is 7.11 Å². The highest BCUT2D eigenvalue weighted by atomic mass is 127. The fraction of sp³-hybridized carbons (Fsp3) is 0.708. The Morgan fingerprint density at radius 3 is 2.53 bits per heavy atom. The van der Waals surface area contributed by atoms with Crippen molar-refractivity contribution in [2.75, 3.05) is 53.1 Å². The van der Waals surface area contributed by atoms with E-state index in [-0.39, 0.29) is 24.0 Å². The predicted octanol–water partition coefficient (Wildman–Crippen LogP) is 4.53. The van der Waals surface area contributed by atoms with Gasteiger partial charge in [0.25, 0.3) is 0 Å². The smallest absolute Gasteiger partial charge is 0.193 e. The summed E-state index contributed by atoms with van der Waals surface area (Å²) in [7, 11) is 1.72. The van der Waals surface area contributed by atoms with Crippen molar-refractivity contribution in [2.45, 2.75) is 44.9 Å². The number of rotatable bonds is 9. The molecule has 30 heavy (non-hydrogen) atoms. The lowest BCUT2D eigenvalue weighted by Gasteiger charge is -2.28. The highest BCUT2D eigenvalue weighted by Crippen LogP contribution is 2.35. The highest BCUT2D eigenvalue weighted by Gasteiger charge is 2.26. The molecule has 1 aliphatic carbocycles. The lowest BCUT2D eigenvalue weighted by atomic mass is 9.79. The van der Waals surface area contributed by atoms with E-state index >= 15 is 0 Å². The number of methoxy groups -OCH3 is 1. The zero-order valence-electron chi connectivity index (χ0n) is 18.7. The van der Waals surface area contributed by atoms with Crippen molar-refractivity contribution in [3.05, 3.63) is 35.9 Å². The second kappa shape index (κ2) is 14.2. The zero-order valence-corrected chi connectivity index (χ0v) is 21.1. The quantitative estimate of drug-likeness (QED) is 0.221. The van der Waals surface area contributed by atoms with E-state index in [2.05, 4.69) is 47.5 Å². The number of hydrogen-bond donors (Lipinski definition) is 1. The number of nitrogens with zero attached hydrogens (tertiary/aromatic N) is 2. The number of hydrogen-bond acceptors (Lipinski definition) is 3. The summed E-state index contributed by atoms with van der Waals surface area (Å²) in [5.74, 6) is 3.15. The van der Waals surface area contributed by atoms with Crippen LogP contribution in [0, 0.1) is 11.8 Å². The number of nitrogens with one attached hydrogen (secondary N) is 1. The van der Waals surface area contributed by atoms with Crippen molar-refractivity contribution in [3.63, 3.8) is 0 Å². The molecule has 1 atom stereocenters. The Kier molecular flexibility index (Phi) is 12.1. The van der Waals surface area contributed by atoms with Crippen LogP contribution in [0.4, 0.5) is 0 Å². The van der Waals surface area contributed by atoms with Crippen molar-refractivity contribution in [1.29, 1.82) is 0 Å². The van der Waals surface area contributed by atoms with Crippen LogP contribution in [0.3, 0.4) is 0 Å². The molecule has 6 heteroatoms. The molecule has 170 valence electrons. The van der Waals surface area contributed by atoms with Gasteiger partial charge in [-0.05, 0) is 56.4 Å². The molecule has 1 unspecified atom stereocenters. The SMILES string of the molecule is CCNC(=NCC1CCC(c2ccccc2)CC1)N1CCC(COCCOC)C1.I. The number of aliphatic imine (C=N–C) groups is 1. The molecular formula is C24H40IN3O2. The van der Waals surface area contributed by atoms with Gasteiger partial charge in [-0.2, -0.15) is 0 Å². The Hall–Kier alpha value is -0.860. The molecule has 0 bridgehead atoms. The lowest BCUT2D eigenvalue weighted by molar-refractivity contribution is 0.0536. The molecule has 1 saturated carbocycles. The molecule has 0 radical (unpaired) electrons. The average molecular weight is 530 g/mol. The van der Waals surface area contributed by atoms with Gasteiger partial charge in [-0.1, -0.05) is 30.3 Å². The Morgan fingerprint density at radius 2 is 1.83 bits per heavy atom. The molecule has 1 N–H and O–H groups in total. The summed E-state index contributed by atoms with van der Waals surface area (Å²) in [5, 5.41) is 3.51. The summed E-state index contributed by atoms with van der Waals surface area (Å²) < 4.78 is 10.8. The van der Waals surface area contributed by atoms with Crippen molar-refractivity contribution in [2.24, 2.45) is 16.8 Å². The Morgan fingerprint density at radius 1 is 1.07 bits per heavy atom. The third-order valence-electron chi connectivity index (χ3n) is 6.32. The van der Waals surface area contributed by atoms with Crippen LogP contribution >= 0.6 is 24.0 Å². The van der Waals surface area contributed by atoms with Gasteiger partial charge in [0.15, 0.2) is 5.96 Å². The van der Waals surface area contributed by atoms with E-state index in [0.717, 1.165) is 50.6 Å². The molecule has 2 fully saturated rings. The van der Waals surface area contributed by atoms with Crippen LogP contribution in [0.2, 0.25) is 0 Å².